The van der Waals surface area contributed by atoms with E-state index in [4.69, 9.17) is 0 Å². The molecule has 0 radical (unpaired) electrons. The molecule has 3 aromatic rings. The van der Waals surface area contributed by atoms with Crippen molar-refractivity contribution in [2.75, 3.05) is 5.75 Å². The lowest BCUT2D eigenvalue weighted by Crippen LogP contribution is -2.24. The molecule has 3 rings (SSSR count). The van der Waals surface area contributed by atoms with Crippen molar-refractivity contribution < 1.29 is 4.79 Å². The summed E-state index contributed by atoms with van der Waals surface area (Å²) in [5, 5.41) is 3.81. The van der Waals surface area contributed by atoms with E-state index in [9.17, 15) is 4.79 Å². The average Bonchev–Trinajstić information content (AvgIpc) is 3.07. The molecule has 1 N–H and O–H groups in total. The van der Waals surface area contributed by atoms with Crippen LogP contribution in [0.1, 0.15) is 16.7 Å². The molecule has 0 bridgehead atoms. The number of imidazole rings is 1. The van der Waals surface area contributed by atoms with E-state index in [0.717, 1.165) is 17.3 Å². The number of hydrogen-bond acceptors (Lipinski definition) is 3. The summed E-state index contributed by atoms with van der Waals surface area (Å²) in [4.78, 5) is 16.4. The van der Waals surface area contributed by atoms with Crippen LogP contribution in [0.15, 0.2) is 72.1 Å². The standard InChI is InChI=1S/C20H21N3OS/c1-16-7-9-17(10-8-16)13-22-19(24)15-25-20-21-11-12-23(20)14-18-5-3-2-4-6-18/h2-12H,13-15H2,1H3,(H,22,24). The number of nitrogens with zero attached hydrogens (tertiary/aromatic N) is 2. The van der Waals surface area contributed by atoms with Crippen molar-refractivity contribution in [3.63, 3.8) is 0 Å². The van der Waals surface area contributed by atoms with Gasteiger partial charge in [0.05, 0.1) is 5.75 Å². The fraction of sp³-hybridized carbons (Fsp3) is 0.200. The number of benzene rings is 2. The maximum Gasteiger partial charge on any atom is 0.230 e. The zero-order valence-electron chi connectivity index (χ0n) is 14.2. The Hall–Kier alpha value is -2.53. The number of carbonyl (C=O) groups is 1. The first-order valence-electron chi connectivity index (χ1n) is 8.21. The van der Waals surface area contributed by atoms with Gasteiger partial charge in [-0.15, -0.1) is 0 Å². The Morgan fingerprint density at radius 3 is 2.60 bits per heavy atom. The highest BCUT2D eigenvalue weighted by atomic mass is 32.2. The summed E-state index contributed by atoms with van der Waals surface area (Å²) in [5.74, 6) is 0.373. The van der Waals surface area contributed by atoms with Gasteiger partial charge in [0, 0.05) is 25.5 Å². The second-order valence-electron chi connectivity index (χ2n) is 5.87. The molecule has 0 atom stereocenters. The van der Waals surface area contributed by atoms with Crippen LogP contribution in [0.3, 0.4) is 0 Å². The molecule has 25 heavy (non-hydrogen) atoms. The number of carbonyl (C=O) groups excluding carboxylic acids is 1. The predicted molar refractivity (Wildman–Crippen MR) is 102 cm³/mol. The minimum absolute atomic E-state index is 0.0137. The van der Waals surface area contributed by atoms with Crippen molar-refractivity contribution in [1.82, 2.24) is 14.9 Å². The van der Waals surface area contributed by atoms with Gasteiger partial charge in [-0.2, -0.15) is 0 Å². The van der Waals surface area contributed by atoms with Crippen LogP contribution in [-0.4, -0.2) is 21.2 Å². The van der Waals surface area contributed by atoms with E-state index in [2.05, 4.69) is 46.1 Å². The largest absolute Gasteiger partial charge is 0.351 e. The van der Waals surface area contributed by atoms with Gasteiger partial charge < -0.3 is 9.88 Å². The summed E-state index contributed by atoms with van der Waals surface area (Å²) < 4.78 is 2.06. The summed E-state index contributed by atoms with van der Waals surface area (Å²) in [6.45, 7) is 3.36. The van der Waals surface area contributed by atoms with Crippen molar-refractivity contribution in [1.29, 1.82) is 0 Å². The van der Waals surface area contributed by atoms with Crippen molar-refractivity contribution in [3.05, 3.63) is 83.7 Å². The second kappa shape index (κ2) is 8.53. The van der Waals surface area contributed by atoms with Crippen LogP contribution < -0.4 is 5.32 Å². The molecule has 0 saturated carbocycles. The number of amides is 1. The molecule has 0 aliphatic carbocycles. The maximum absolute atomic E-state index is 12.1. The monoisotopic (exact) mass is 351 g/mol. The van der Waals surface area contributed by atoms with Gasteiger partial charge in [0.1, 0.15) is 0 Å². The predicted octanol–water partition coefficient (Wildman–Crippen LogP) is 3.65. The van der Waals surface area contributed by atoms with E-state index < -0.39 is 0 Å². The van der Waals surface area contributed by atoms with E-state index in [0.29, 0.717) is 12.3 Å². The molecule has 2 aromatic carbocycles. The summed E-state index contributed by atoms with van der Waals surface area (Å²) in [7, 11) is 0. The van der Waals surface area contributed by atoms with Crippen LogP contribution in [0.25, 0.3) is 0 Å². The normalized spacial score (nSPS) is 10.6. The third-order valence-corrected chi connectivity index (χ3v) is 4.82. The number of aromatic nitrogens is 2. The smallest absolute Gasteiger partial charge is 0.230 e. The molecule has 0 saturated heterocycles. The lowest BCUT2D eigenvalue weighted by Gasteiger charge is -2.08. The molecule has 5 heteroatoms. The van der Waals surface area contributed by atoms with Gasteiger partial charge in [0.15, 0.2) is 5.16 Å². The highest BCUT2D eigenvalue weighted by molar-refractivity contribution is 7.99. The average molecular weight is 351 g/mol. The first-order chi connectivity index (χ1) is 12.2. The quantitative estimate of drug-likeness (QED) is 0.661. The van der Waals surface area contributed by atoms with Crippen molar-refractivity contribution in [2.24, 2.45) is 0 Å². The summed E-state index contributed by atoms with van der Waals surface area (Å²) in [6.07, 6.45) is 3.72. The highest BCUT2D eigenvalue weighted by Crippen LogP contribution is 2.17. The van der Waals surface area contributed by atoms with Crippen LogP contribution in [0, 0.1) is 6.92 Å². The molecule has 0 unspecified atom stereocenters. The first-order valence-corrected chi connectivity index (χ1v) is 9.19. The Bertz CT molecular complexity index is 812. The molecular formula is C20H21N3OS. The number of thioether (sulfide) groups is 1. The molecule has 0 aliphatic heterocycles. The number of hydrogen-bond donors (Lipinski definition) is 1. The Balaban J connectivity index is 1.49. The van der Waals surface area contributed by atoms with E-state index in [-0.39, 0.29) is 5.91 Å². The summed E-state index contributed by atoms with van der Waals surface area (Å²) in [6, 6.07) is 18.4. The van der Waals surface area contributed by atoms with E-state index in [1.54, 1.807) is 6.20 Å². The van der Waals surface area contributed by atoms with Gasteiger partial charge in [0.25, 0.3) is 0 Å². The van der Waals surface area contributed by atoms with Gasteiger partial charge in [0.2, 0.25) is 5.91 Å². The fourth-order valence-corrected chi connectivity index (χ4v) is 3.21. The third kappa shape index (κ3) is 5.22. The number of nitrogens with one attached hydrogen (secondary N) is 1. The van der Waals surface area contributed by atoms with Crippen molar-refractivity contribution in [2.45, 2.75) is 25.2 Å². The lowest BCUT2D eigenvalue weighted by atomic mass is 10.1. The Morgan fingerprint density at radius 1 is 1.08 bits per heavy atom. The molecular weight excluding hydrogens is 330 g/mol. The van der Waals surface area contributed by atoms with Crippen LogP contribution in [0.4, 0.5) is 0 Å². The Morgan fingerprint density at radius 2 is 1.84 bits per heavy atom. The second-order valence-corrected chi connectivity index (χ2v) is 6.82. The van der Waals surface area contributed by atoms with Crippen molar-refractivity contribution >= 4 is 17.7 Å². The van der Waals surface area contributed by atoms with Gasteiger partial charge >= 0.3 is 0 Å². The van der Waals surface area contributed by atoms with Crippen LogP contribution >= 0.6 is 11.8 Å². The summed E-state index contributed by atoms with van der Waals surface area (Å²) in [5.41, 5.74) is 3.54. The molecule has 1 heterocycles. The molecule has 4 nitrogen and oxygen atoms in total. The SMILES string of the molecule is Cc1ccc(CNC(=O)CSc2nccn2Cc2ccccc2)cc1. The van der Waals surface area contributed by atoms with Gasteiger partial charge in [-0.25, -0.2) is 4.98 Å². The molecule has 1 aromatic heterocycles. The molecule has 0 fully saturated rings. The number of aryl methyl sites for hydroxylation is 1. The zero-order chi connectivity index (χ0) is 17.5. The minimum Gasteiger partial charge on any atom is -0.351 e. The lowest BCUT2D eigenvalue weighted by molar-refractivity contribution is -0.118. The molecule has 1 amide bonds. The molecule has 128 valence electrons. The first kappa shape index (κ1) is 17.3. The minimum atomic E-state index is 0.0137. The van der Waals surface area contributed by atoms with Gasteiger partial charge in [-0.05, 0) is 18.1 Å². The maximum atomic E-state index is 12.1. The van der Waals surface area contributed by atoms with Crippen molar-refractivity contribution in [3.8, 4) is 0 Å². The van der Waals surface area contributed by atoms with Crippen LogP contribution in [-0.2, 0) is 17.9 Å². The van der Waals surface area contributed by atoms with Crippen LogP contribution in [0.5, 0.6) is 0 Å². The summed E-state index contributed by atoms with van der Waals surface area (Å²) >= 11 is 1.46. The number of rotatable bonds is 7. The van der Waals surface area contributed by atoms with E-state index >= 15 is 0 Å². The Labute approximate surface area is 152 Å². The van der Waals surface area contributed by atoms with E-state index in [1.807, 2.05) is 36.5 Å². The molecule has 0 spiro atoms. The third-order valence-electron chi connectivity index (χ3n) is 3.82. The topological polar surface area (TPSA) is 46.9 Å². The Kier molecular flexibility index (Phi) is 5.90. The highest BCUT2D eigenvalue weighted by Gasteiger charge is 2.08. The van der Waals surface area contributed by atoms with Gasteiger partial charge in [-0.1, -0.05) is 71.9 Å². The van der Waals surface area contributed by atoms with Crippen LogP contribution in [0.2, 0.25) is 0 Å². The fourth-order valence-electron chi connectivity index (χ4n) is 2.42. The van der Waals surface area contributed by atoms with E-state index in [1.165, 1.54) is 22.9 Å². The zero-order valence-corrected chi connectivity index (χ0v) is 15.0. The molecule has 0 aliphatic rings. The van der Waals surface area contributed by atoms with Gasteiger partial charge in [-0.3, -0.25) is 4.79 Å².